The zero-order valence-corrected chi connectivity index (χ0v) is 11.9. The molecule has 0 saturated heterocycles. The van der Waals surface area contributed by atoms with Crippen molar-refractivity contribution in [3.8, 4) is 17.2 Å². The molecule has 1 aliphatic heterocycles. The molecule has 110 valence electrons. The Labute approximate surface area is 123 Å². The Balaban J connectivity index is 1.90. The number of aliphatic hydroxyl groups is 1. The monoisotopic (exact) mass is 286 g/mol. The van der Waals surface area contributed by atoms with Gasteiger partial charge in [0.25, 0.3) is 0 Å². The highest BCUT2D eigenvalue weighted by atomic mass is 16.5. The quantitative estimate of drug-likeness (QED) is 0.942. The van der Waals surface area contributed by atoms with Gasteiger partial charge in [-0.25, -0.2) is 0 Å². The minimum atomic E-state index is -0.725. The average Bonchev–Trinajstić information content (AvgIpc) is 2.78. The second kappa shape index (κ2) is 6.06. The molecule has 2 aromatic carbocycles. The highest BCUT2D eigenvalue weighted by molar-refractivity contribution is 5.46. The Bertz CT molecular complexity index is 624. The molecule has 1 heterocycles. The Morgan fingerprint density at radius 1 is 1.00 bits per heavy atom. The first-order chi connectivity index (χ1) is 10.3. The summed E-state index contributed by atoms with van der Waals surface area (Å²) < 4.78 is 16.5. The van der Waals surface area contributed by atoms with Crippen molar-refractivity contribution in [2.45, 2.75) is 12.5 Å². The number of fused-ring (bicyclic) bond motifs is 1. The summed E-state index contributed by atoms with van der Waals surface area (Å²) in [5.74, 6) is 2.14. The zero-order valence-electron chi connectivity index (χ0n) is 11.9. The van der Waals surface area contributed by atoms with Gasteiger partial charge in [0.05, 0.1) is 20.3 Å². The SMILES string of the molecule is COc1cccc(C(O)c2ccc3c(c2)OCCCO3)c1. The molecule has 1 unspecified atom stereocenters. The van der Waals surface area contributed by atoms with Gasteiger partial charge in [-0.2, -0.15) is 0 Å². The minimum Gasteiger partial charge on any atom is -0.497 e. The number of rotatable bonds is 3. The predicted octanol–water partition coefficient (Wildman–Crippen LogP) is 2.94. The fraction of sp³-hybridized carbons (Fsp3) is 0.294. The summed E-state index contributed by atoms with van der Waals surface area (Å²) in [5, 5.41) is 10.5. The van der Waals surface area contributed by atoms with Crippen LogP contribution in [0.4, 0.5) is 0 Å². The molecule has 1 N–H and O–H groups in total. The number of aliphatic hydroxyl groups excluding tert-OH is 1. The minimum absolute atomic E-state index is 0.631. The van der Waals surface area contributed by atoms with Crippen LogP contribution in [0, 0.1) is 0 Å². The molecule has 0 radical (unpaired) electrons. The van der Waals surface area contributed by atoms with E-state index >= 15 is 0 Å². The summed E-state index contributed by atoms with van der Waals surface area (Å²) in [7, 11) is 1.61. The molecule has 0 aromatic heterocycles. The van der Waals surface area contributed by atoms with E-state index in [9.17, 15) is 5.11 Å². The number of ether oxygens (including phenoxy) is 3. The van der Waals surface area contributed by atoms with E-state index in [1.54, 1.807) is 7.11 Å². The molecule has 4 heteroatoms. The molecular weight excluding hydrogens is 268 g/mol. The maximum absolute atomic E-state index is 10.5. The van der Waals surface area contributed by atoms with Crippen LogP contribution in [0.15, 0.2) is 42.5 Å². The lowest BCUT2D eigenvalue weighted by Crippen LogP contribution is -2.01. The van der Waals surface area contributed by atoms with Gasteiger partial charge in [-0.3, -0.25) is 0 Å². The van der Waals surface area contributed by atoms with Gasteiger partial charge in [-0.05, 0) is 35.4 Å². The molecule has 0 aliphatic carbocycles. The molecule has 2 aromatic rings. The molecule has 0 saturated carbocycles. The van der Waals surface area contributed by atoms with Crippen molar-refractivity contribution in [3.63, 3.8) is 0 Å². The summed E-state index contributed by atoms with van der Waals surface area (Å²) in [6.07, 6.45) is 0.139. The summed E-state index contributed by atoms with van der Waals surface area (Å²) in [6, 6.07) is 13.0. The second-order valence-electron chi connectivity index (χ2n) is 4.94. The van der Waals surface area contributed by atoms with E-state index in [1.807, 2.05) is 42.5 Å². The zero-order chi connectivity index (χ0) is 14.7. The Morgan fingerprint density at radius 2 is 1.76 bits per heavy atom. The maximum Gasteiger partial charge on any atom is 0.161 e. The molecule has 1 atom stereocenters. The van der Waals surface area contributed by atoms with E-state index in [0.29, 0.717) is 19.0 Å². The fourth-order valence-corrected chi connectivity index (χ4v) is 2.35. The highest BCUT2D eigenvalue weighted by Gasteiger charge is 2.16. The van der Waals surface area contributed by atoms with E-state index in [1.165, 1.54) is 0 Å². The van der Waals surface area contributed by atoms with Crippen molar-refractivity contribution < 1.29 is 19.3 Å². The normalized spacial score (nSPS) is 15.1. The first kappa shape index (κ1) is 13.8. The molecule has 0 bridgehead atoms. The predicted molar refractivity (Wildman–Crippen MR) is 79.1 cm³/mol. The van der Waals surface area contributed by atoms with Gasteiger partial charge in [0, 0.05) is 6.42 Å². The third-order valence-electron chi connectivity index (χ3n) is 3.50. The van der Waals surface area contributed by atoms with Gasteiger partial charge in [-0.1, -0.05) is 18.2 Å². The standard InChI is InChI=1S/C17H18O4/c1-19-14-5-2-4-12(10-14)17(18)13-6-7-15-16(11-13)21-9-3-8-20-15/h2,4-7,10-11,17-18H,3,8-9H2,1H3. The van der Waals surface area contributed by atoms with Crippen LogP contribution >= 0.6 is 0 Å². The van der Waals surface area contributed by atoms with Crippen LogP contribution in [0.25, 0.3) is 0 Å². The van der Waals surface area contributed by atoms with Gasteiger partial charge in [-0.15, -0.1) is 0 Å². The third-order valence-corrected chi connectivity index (χ3v) is 3.50. The van der Waals surface area contributed by atoms with E-state index < -0.39 is 6.10 Å². The summed E-state index contributed by atoms with van der Waals surface area (Å²) >= 11 is 0. The van der Waals surface area contributed by atoms with Crippen molar-refractivity contribution >= 4 is 0 Å². The average molecular weight is 286 g/mol. The Morgan fingerprint density at radius 3 is 2.57 bits per heavy atom. The van der Waals surface area contributed by atoms with Crippen LogP contribution in [0.5, 0.6) is 17.2 Å². The molecule has 21 heavy (non-hydrogen) atoms. The lowest BCUT2D eigenvalue weighted by Gasteiger charge is -2.15. The van der Waals surface area contributed by atoms with Crippen LogP contribution < -0.4 is 14.2 Å². The first-order valence-electron chi connectivity index (χ1n) is 6.99. The van der Waals surface area contributed by atoms with Crippen molar-refractivity contribution in [1.82, 2.24) is 0 Å². The Kier molecular flexibility index (Phi) is 3.97. The molecule has 3 rings (SSSR count). The molecule has 0 fully saturated rings. The molecular formula is C17H18O4. The van der Waals surface area contributed by atoms with Crippen molar-refractivity contribution in [3.05, 3.63) is 53.6 Å². The number of hydrogen-bond donors (Lipinski definition) is 1. The first-order valence-corrected chi connectivity index (χ1v) is 6.99. The van der Waals surface area contributed by atoms with Crippen LogP contribution in [-0.4, -0.2) is 25.4 Å². The van der Waals surface area contributed by atoms with E-state index in [0.717, 1.165) is 29.0 Å². The van der Waals surface area contributed by atoms with Crippen LogP contribution in [-0.2, 0) is 0 Å². The van der Waals surface area contributed by atoms with E-state index in [4.69, 9.17) is 14.2 Å². The largest absolute Gasteiger partial charge is 0.497 e. The van der Waals surface area contributed by atoms with E-state index in [2.05, 4.69) is 0 Å². The van der Waals surface area contributed by atoms with Crippen LogP contribution in [0.1, 0.15) is 23.7 Å². The van der Waals surface area contributed by atoms with Gasteiger partial charge < -0.3 is 19.3 Å². The number of benzene rings is 2. The highest BCUT2D eigenvalue weighted by Crippen LogP contribution is 2.34. The lowest BCUT2D eigenvalue weighted by molar-refractivity contribution is 0.219. The number of hydrogen-bond acceptors (Lipinski definition) is 4. The van der Waals surface area contributed by atoms with Gasteiger partial charge in [0.2, 0.25) is 0 Å². The van der Waals surface area contributed by atoms with Crippen LogP contribution in [0.3, 0.4) is 0 Å². The fourth-order valence-electron chi connectivity index (χ4n) is 2.35. The summed E-state index contributed by atoms with van der Waals surface area (Å²) in [4.78, 5) is 0. The van der Waals surface area contributed by atoms with Crippen molar-refractivity contribution in [2.24, 2.45) is 0 Å². The maximum atomic E-state index is 10.5. The number of methoxy groups -OCH3 is 1. The molecule has 0 spiro atoms. The van der Waals surface area contributed by atoms with Crippen LogP contribution in [0.2, 0.25) is 0 Å². The van der Waals surface area contributed by atoms with Gasteiger partial charge in [0.15, 0.2) is 11.5 Å². The second-order valence-corrected chi connectivity index (χ2v) is 4.94. The van der Waals surface area contributed by atoms with E-state index in [-0.39, 0.29) is 0 Å². The lowest BCUT2D eigenvalue weighted by atomic mass is 10.0. The van der Waals surface area contributed by atoms with Gasteiger partial charge >= 0.3 is 0 Å². The van der Waals surface area contributed by atoms with Crippen molar-refractivity contribution in [2.75, 3.05) is 20.3 Å². The molecule has 0 amide bonds. The summed E-state index contributed by atoms with van der Waals surface area (Å²) in [5.41, 5.74) is 1.55. The smallest absolute Gasteiger partial charge is 0.161 e. The molecule has 1 aliphatic rings. The third kappa shape index (κ3) is 2.95. The summed E-state index contributed by atoms with van der Waals surface area (Å²) in [6.45, 7) is 1.29. The van der Waals surface area contributed by atoms with Gasteiger partial charge in [0.1, 0.15) is 11.9 Å². The van der Waals surface area contributed by atoms with Crippen molar-refractivity contribution in [1.29, 1.82) is 0 Å². The topological polar surface area (TPSA) is 47.9 Å². The Hall–Kier alpha value is -2.20. The molecule has 4 nitrogen and oxygen atoms in total.